The molecule has 1 aliphatic carbocycles. The van der Waals surface area contributed by atoms with Crippen LogP contribution < -0.4 is 4.90 Å². The van der Waals surface area contributed by atoms with Crippen molar-refractivity contribution in [1.82, 2.24) is 0 Å². The van der Waals surface area contributed by atoms with Gasteiger partial charge in [-0.25, -0.2) is 0 Å². The molecule has 2 nitrogen and oxygen atoms in total. The van der Waals surface area contributed by atoms with E-state index in [0.29, 0.717) is 5.56 Å². The molecule has 0 saturated carbocycles. The van der Waals surface area contributed by atoms with Crippen molar-refractivity contribution < 1.29 is 0 Å². The second-order valence-electron chi connectivity index (χ2n) is 14.6. The molecule has 0 atom stereocenters. The summed E-state index contributed by atoms with van der Waals surface area (Å²) in [5.74, 6) is 0. The molecule has 0 bridgehead atoms. The van der Waals surface area contributed by atoms with Crippen molar-refractivity contribution in [2.45, 2.75) is 12.8 Å². The third-order valence-electron chi connectivity index (χ3n) is 11.5. The smallest absolute Gasteiger partial charge is 0.0991 e. The van der Waals surface area contributed by atoms with Crippen LogP contribution in [-0.4, -0.2) is 0 Å². The molecule has 1 aliphatic rings. The lowest BCUT2D eigenvalue weighted by Gasteiger charge is -2.29. The lowest BCUT2D eigenvalue weighted by molar-refractivity contribution is 0.979. The molecule has 0 radical (unpaired) electrons. The second kappa shape index (κ2) is 13.1. The van der Waals surface area contributed by atoms with Crippen LogP contribution in [0.4, 0.5) is 17.1 Å². The molecule has 0 saturated heterocycles. The number of rotatable bonds is 5. The van der Waals surface area contributed by atoms with Gasteiger partial charge in [-0.1, -0.05) is 133 Å². The second-order valence-corrected chi connectivity index (χ2v) is 15.7. The summed E-state index contributed by atoms with van der Waals surface area (Å²) < 4.78 is 2.52. The number of fused-ring (bicyclic) bond motifs is 7. The summed E-state index contributed by atoms with van der Waals surface area (Å²) in [5, 5.41) is 19.7. The minimum Gasteiger partial charge on any atom is -0.310 e. The largest absolute Gasteiger partial charge is 0.310 e. The molecule has 0 amide bonds. The predicted octanol–water partition coefficient (Wildman–Crippen LogP) is 15.1. The summed E-state index contributed by atoms with van der Waals surface area (Å²) in [7, 11) is 0. The van der Waals surface area contributed by atoms with Gasteiger partial charge >= 0.3 is 0 Å². The Kier molecular flexibility index (Phi) is 7.59. The van der Waals surface area contributed by atoms with Crippen LogP contribution in [0.1, 0.15) is 23.1 Å². The Labute approximate surface area is 329 Å². The van der Waals surface area contributed by atoms with E-state index in [1.165, 1.54) is 91.6 Å². The minimum atomic E-state index is 0.659. The van der Waals surface area contributed by atoms with Gasteiger partial charge in [0.25, 0.3) is 0 Å². The van der Waals surface area contributed by atoms with Gasteiger partial charge in [0.05, 0.1) is 11.6 Å². The number of anilines is 3. The predicted molar refractivity (Wildman–Crippen MR) is 239 cm³/mol. The number of thiophene rings is 1. The average Bonchev–Trinajstić information content (AvgIpc) is 3.63. The van der Waals surface area contributed by atoms with Gasteiger partial charge < -0.3 is 4.90 Å². The Bertz CT molecular complexity index is 3210. The lowest BCUT2D eigenvalue weighted by atomic mass is 9.84. The molecular weight excluding hydrogens is 697 g/mol. The number of allylic oxidation sites excluding steroid dienone is 1. The summed E-state index contributed by atoms with van der Waals surface area (Å²) in [5.41, 5.74) is 11.7. The van der Waals surface area contributed by atoms with Crippen LogP contribution in [0.3, 0.4) is 0 Å². The summed E-state index contributed by atoms with van der Waals surface area (Å²) in [6.07, 6.45) is 6.53. The van der Waals surface area contributed by atoms with Crippen molar-refractivity contribution in [1.29, 1.82) is 5.26 Å². The molecule has 3 heteroatoms. The van der Waals surface area contributed by atoms with Gasteiger partial charge in [-0.3, -0.25) is 0 Å². The molecule has 0 unspecified atom stereocenters. The molecule has 262 valence electrons. The highest BCUT2D eigenvalue weighted by atomic mass is 32.1. The van der Waals surface area contributed by atoms with Gasteiger partial charge in [-0.05, 0) is 127 Å². The Hall–Kier alpha value is -6.99. The van der Waals surface area contributed by atoms with E-state index in [0.717, 1.165) is 24.2 Å². The zero-order valence-corrected chi connectivity index (χ0v) is 31.4. The zero-order valence-electron chi connectivity index (χ0n) is 30.5. The van der Waals surface area contributed by atoms with Crippen LogP contribution in [0.2, 0.25) is 0 Å². The average molecular weight is 731 g/mol. The highest BCUT2D eigenvalue weighted by Gasteiger charge is 2.21. The zero-order chi connectivity index (χ0) is 37.2. The van der Waals surface area contributed by atoms with Crippen molar-refractivity contribution in [2.24, 2.45) is 0 Å². The summed E-state index contributed by atoms with van der Waals surface area (Å²) >= 11 is 1.86. The topological polar surface area (TPSA) is 27.0 Å². The first-order chi connectivity index (χ1) is 27.7. The highest BCUT2D eigenvalue weighted by molar-refractivity contribution is 7.25. The molecule has 1 aromatic heterocycles. The monoisotopic (exact) mass is 730 g/mol. The van der Waals surface area contributed by atoms with E-state index < -0.39 is 0 Å². The van der Waals surface area contributed by atoms with Gasteiger partial charge in [0.2, 0.25) is 0 Å². The molecule has 11 rings (SSSR count). The van der Waals surface area contributed by atoms with Gasteiger partial charge in [-0.15, -0.1) is 11.3 Å². The standard InChI is InChI=1S/C53H34N2S/c54-33-34-23-26-38(27-24-34)55(49-22-10-14-36-12-2-4-16-41(36)49)39-28-30-43-42-29-25-37(31-50(42)56-51(43)32-39)52-45-17-5-7-19-47(45)53(48-20-8-6-18-46(48)52)44-21-9-13-35-11-1-3-15-40(35)44/h1-3,5-15,17-32H,4,16H2. The molecule has 0 fully saturated rings. The highest BCUT2D eigenvalue weighted by Crippen LogP contribution is 2.48. The number of benzene rings is 9. The van der Waals surface area contributed by atoms with E-state index in [-0.39, 0.29) is 0 Å². The maximum absolute atomic E-state index is 9.57. The van der Waals surface area contributed by atoms with E-state index >= 15 is 0 Å². The fourth-order valence-electron chi connectivity index (χ4n) is 9.01. The van der Waals surface area contributed by atoms with Gasteiger partial charge in [0, 0.05) is 37.2 Å². The molecular formula is C53H34N2S. The number of hydrogen-bond acceptors (Lipinski definition) is 3. The molecule has 9 aromatic carbocycles. The Morgan fingerprint density at radius 3 is 1.89 bits per heavy atom. The normalized spacial score (nSPS) is 12.4. The Balaban J connectivity index is 1.09. The van der Waals surface area contributed by atoms with Crippen LogP contribution in [0.5, 0.6) is 0 Å². The van der Waals surface area contributed by atoms with Crippen LogP contribution in [0.15, 0.2) is 176 Å². The first-order valence-corrected chi connectivity index (χ1v) is 20.0. The maximum atomic E-state index is 9.57. The summed E-state index contributed by atoms with van der Waals surface area (Å²) in [6, 6.07) is 64.0. The molecule has 1 heterocycles. The number of hydrogen-bond donors (Lipinski definition) is 0. The van der Waals surface area contributed by atoms with Gasteiger partial charge in [0.1, 0.15) is 0 Å². The summed E-state index contributed by atoms with van der Waals surface area (Å²) in [6.45, 7) is 0. The van der Waals surface area contributed by atoms with Crippen LogP contribution in [0.25, 0.3) is 80.8 Å². The summed E-state index contributed by atoms with van der Waals surface area (Å²) in [4.78, 5) is 2.37. The molecule has 10 aromatic rings. The molecule has 56 heavy (non-hydrogen) atoms. The first-order valence-electron chi connectivity index (χ1n) is 19.2. The Morgan fingerprint density at radius 2 is 1.14 bits per heavy atom. The number of nitriles is 1. The first kappa shape index (κ1) is 32.4. The van der Waals surface area contributed by atoms with Crippen molar-refractivity contribution >= 4 is 87.0 Å². The SMILES string of the molecule is N#Cc1ccc(N(c2ccc3c(c2)sc2cc(-c4c5ccccc5c(-c5cccc6ccccc56)c5ccccc45)ccc23)c2cccc3c2CCC=C3)cc1. The number of nitrogens with zero attached hydrogens (tertiary/aromatic N) is 2. The van der Waals surface area contributed by atoms with Crippen molar-refractivity contribution in [3.05, 3.63) is 193 Å². The fraction of sp³-hybridized carbons (Fsp3) is 0.0377. The quantitative estimate of drug-likeness (QED) is 0.165. The maximum Gasteiger partial charge on any atom is 0.0991 e. The molecule has 0 aliphatic heterocycles. The van der Waals surface area contributed by atoms with Crippen molar-refractivity contribution in [2.75, 3.05) is 4.90 Å². The van der Waals surface area contributed by atoms with E-state index in [1.807, 2.05) is 23.5 Å². The molecule has 0 spiro atoms. The Morgan fingerprint density at radius 1 is 0.518 bits per heavy atom. The van der Waals surface area contributed by atoms with Crippen LogP contribution in [0, 0.1) is 11.3 Å². The van der Waals surface area contributed by atoms with Crippen molar-refractivity contribution in [3.63, 3.8) is 0 Å². The lowest BCUT2D eigenvalue weighted by Crippen LogP contribution is -2.13. The van der Waals surface area contributed by atoms with E-state index in [1.54, 1.807) is 0 Å². The van der Waals surface area contributed by atoms with Crippen LogP contribution >= 0.6 is 11.3 Å². The van der Waals surface area contributed by atoms with Gasteiger partial charge in [0.15, 0.2) is 0 Å². The van der Waals surface area contributed by atoms with E-state index in [4.69, 9.17) is 0 Å². The minimum absolute atomic E-state index is 0.659. The van der Waals surface area contributed by atoms with Gasteiger partial charge in [-0.2, -0.15) is 5.26 Å². The fourth-order valence-corrected chi connectivity index (χ4v) is 10.2. The third kappa shape index (κ3) is 5.15. The van der Waals surface area contributed by atoms with Crippen LogP contribution in [-0.2, 0) is 6.42 Å². The third-order valence-corrected chi connectivity index (χ3v) is 12.7. The van der Waals surface area contributed by atoms with Crippen molar-refractivity contribution in [3.8, 4) is 28.3 Å². The van der Waals surface area contributed by atoms with E-state index in [2.05, 4.69) is 181 Å². The molecule has 0 N–H and O–H groups in total. The van der Waals surface area contributed by atoms with E-state index in [9.17, 15) is 5.26 Å².